The van der Waals surface area contributed by atoms with E-state index in [1.54, 1.807) is 6.07 Å². The van der Waals surface area contributed by atoms with Crippen LogP contribution in [0.5, 0.6) is 0 Å². The number of rotatable bonds is 8. The molecule has 0 saturated carbocycles. The number of hydrogen-bond acceptors (Lipinski definition) is 6. The van der Waals surface area contributed by atoms with Crippen molar-refractivity contribution in [2.45, 2.75) is 64.3 Å². The third-order valence-corrected chi connectivity index (χ3v) is 7.72. The predicted molar refractivity (Wildman–Crippen MR) is 144 cm³/mol. The first kappa shape index (κ1) is 34.0. The average Bonchev–Trinajstić information content (AvgIpc) is 3.38. The number of hydrogen-bond donors (Lipinski definition) is 0. The monoisotopic (exact) mass is 647 g/mol. The average molecular weight is 648 g/mol. The Bertz CT molecular complexity index is 1480. The molecule has 16 heteroatoms. The molecule has 1 aliphatic rings. The van der Waals surface area contributed by atoms with Crippen molar-refractivity contribution in [1.29, 1.82) is 5.26 Å². The molecule has 244 valence electrons. The minimum Gasteiger partial charge on any atom is -0.330 e. The quantitative estimate of drug-likeness (QED) is 0.237. The number of aromatic nitrogens is 4. The van der Waals surface area contributed by atoms with Crippen LogP contribution in [0.4, 0.5) is 45.5 Å². The van der Waals surface area contributed by atoms with Gasteiger partial charge in [0, 0.05) is 38.1 Å². The minimum atomic E-state index is -5.12. The second-order valence-corrected chi connectivity index (χ2v) is 11.3. The smallest absolute Gasteiger partial charge is 0.330 e. The molecule has 0 bridgehead atoms. The molecule has 2 aromatic carbocycles. The highest BCUT2D eigenvalue weighted by atomic mass is 19.4. The van der Waals surface area contributed by atoms with Crippen molar-refractivity contribution in [3.8, 4) is 6.07 Å². The van der Waals surface area contributed by atoms with Gasteiger partial charge in [-0.3, -0.25) is 4.90 Å². The molecule has 4 rings (SSSR count). The van der Waals surface area contributed by atoms with Gasteiger partial charge in [-0.15, -0.1) is 5.10 Å². The summed E-state index contributed by atoms with van der Waals surface area (Å²) in [6.07, 6.45) is -14.0. The van der Waals surface area contributed by atoms with E-state index < -0.39 is 59.9 Å². The van der Waals surface area contributed by atoms with E-state index in [0.717, 1.165) is 15.8 Å². The Kier molecular flexibility index (Phi) is 9.72. The Balaban J connectivity index is 1.85. The highest BCUT2D eigenvalue weighted by Gasteiger charge is 2.39. The second kappa shape index (κ2) is 12.9. The molecule has 1 fully saturated rings. The van der Waals surface area contributed by atoms with Crippen LogP contribution < -0.4 is 4.90 Å². The standard InChI is InChI=1S/C29H30F9N7/c1-17(2)25(44-9-7-18(14-39)8-10-44)22-5-4-6-24(29(36,37)38)23(22)16-45(26-40-42-43(3)41-26)15-19-11-20(27(30,31)32)13-21(12-19)28(33,34)35/h4-6,11-13,17-18,25H,7-10,15-16H2,1-3H3/t25-/m1/s1. The van der Waals surface area contributed by atoms with Gasteiger partial charge in [0.05, 0.1) is 29.8 Å². The molecular formula is C29H30F9N7. The van der Waals surface area contributed by atoms with Gasteiger partial charge in [0.15, 0.2) is 0 Å². The van der Waals surface area contributed by atoms with Crippen molar-refractivity contribution in [1.82, 2.24) is 25.1 Å². The predicted octanol–water partition coefficient (Wildman–Crippen LogP) is 7.41. The van der Waals surface area contributed by atoms with Gasteiger partial charge < -0.3 is 4.90 Å². The SMILES string of the molecule is CC(C)[C@H](c1cccc(C(F)(F)F)c1CN(Cc1cc(C(F)(F)F)cc(C(F)(F)F)c1)c1nnn(C)n1)N1CCC(C#N)CC1. The Morgan fingerprint density at radius 3 is 1.98 bits per heavy atom. The van der Waals surface area contributed by atoms with E-state index in [1.807, 2.05) is 18.7 Å². The molecule has 2 heterocycles. The van der Waals surface area contributed by atoms with Crippen LogP contribution in [0.1, 0.15) is 66.1 Å². The maximum atomic E-state index is 14.5. The fourth-order valence-electron chi connectivity index (χ4n) is 5.73. The summed E-state index contributed by atoms with van der Waals surface area (Å²) in [4.78, 5) is 4.06. The zero-order chi connectivity index (χ0) is 33.3. The van der Waals surface area contributed by atoms with Crippen LogP contribution in [0.3, 0.4) is 0 Å². The summed E-state index contributed by atoms with van der Waals surface area (Å²) in [5, 5.41) is 20.8. The van der Waals surface area contributed by atoms with Gasteiger partial charge in [0.1, 0.15) is 0 Å². The molecule has 1 saturated heterocycles. The summed E-state index contributed by atoms with van der Waals surface area (Å²) >= 11 is 0. The first-order chi connectivity index (χ1) is 20.9. The normalized spacial score (nSPS) is 16.2. The number of nitrogens with zero attached hydrogens (tertiary/aromatic N) is 7. The fourth-order valence-corrected chi connectivity index (χ4v) is 5.73. The Morgan fingerprint density at radius 1 is 0.911 bits per heavy atom. The van der Waals surface area contributed by atoms with E-state index in [-0.39, 0.29) is 29.4 Å². The van der Waals surface area contributed by atoms with E-state index in [9.17, 15) is 44.8 Å². The van der Waals surface area contributed by atoms with Crippen molar-refractivity contribution in [2.75, 3.05) is 18.0 Å². The molecule has 0 unspecified atom stereocenters. The largest absolute Gasteiger partial charge is 0.416 e. The van der Waals surface area contributed by atoms with Crippen LogP contribution in [0.25, 0.3) is 0 Å². The fraction of sp³-hybridized carbons (Fsp3) is 0.517. The summed E-state index contributed by atoms with van der Waals surface area (Å²) < 4.78 is 125. The number of likely N-dealkylation sites (tertiary alicyclic amines) is 1. The summed E-state index contributed by atoms with van der Waals surface area (Å²) in [6.45, 7) is 3.30. The van der Waals surface area contributed by atoms with E-state index in [1.165, 1.54) is 13.1 Å². The highest BCUT2D eigenvalue weighted by Crippen LogP contribution is 2.41. The number of tetrazole rings is 1. The van der Waals surface area contributed by atoms with E-state index in [4.69, 9.17) is 0 Å². The van der Waals surface area contributed by atoms with E-state index in [0.29, 0.717) is 43.6 Å². The van der Waals surface area contributed by atoms with Crippen LogP contribution in [0.2, 0.25) is 0 Å². The second-order valence-electron chi connectivity index (χ2n) is 11.3. The molecule has 7 nitrogen and oxygen atoms in total. The molecule has 45 heavy (non-hydrogen) atoms. The molecule has 1 atom stereocenters. The maximum Gasteiger partial charge on any atom is 0.416 e. The van der Waals surface area contributed by atoms with Crippen molar-refractivity contribution in [2.24, 2.45) is 18.9 Å². The number of piperidine rings is 1. The molecule has 3 aromatic rings. The Morgan fingerprint density at radius 2 is 1.51 bits per heavy atom. The number of nitriles is 1. The Hall–Kier alpha value is -3.87. The van der Waals surface area contributed by atoms with Gasteiger partial charge >= 0.3 is 18.5 Å². The first-order valence-corrected chi connectivity index (χ1v) is 14.0. The van der Waals surface area contributed by atoms with Crippen LogP contribution in [0, 0.1) is 23.2 Å². The summed E-state index contributed by atoms with van der Waals surface area (Å²) in [5.41, 5.74) is -4.51. The summed E-state index contributed by atoms with van der Waals surface area (Å²) in [5.74, 6) is -0.670. The number of anilines is 1. The number of aryl methyl sites for hydroxylation is 1. The molecule has 0 radical (unpaired) electrons. The molecule has 1 aliphatic heterocycles. The Labute approximate surface area is 253 Å². The van der Waals surface area contributed by atoms with Crippen LogP contribution in [0.15, 0.2) is 36.4 Å². The molecular weight excluding hydrogens is 617 g/mol. The third-order valence-electron chi connectivity index (χ3n) is 7.72. The third kappa shape index (κ3) is 8.05. The van der Waals surface area contributed by atoms with Crippen molar-refractivity contribution < 1.29 is 39.5 Å². The molecule has 0 spiro atoms. The van der Waals surface area contributed by atoms with Gasteiger partial charge in [0.25, 0.3) is 5.95 Å². The van der Waals surface area contributed by atoms with Gasteiger partial charge in [-0.05, 0) is 64.9 Å². The minimum absolute atomic E-state index is 0.0197. The van der Waals surface area contributed by atoms with Crippen molar-refractivity contribution in [3.63, 3.8) is 0 Å². The molecule has 0 aliphatic carbocycles. The lowest BCUT2D eigenvalue weighted by molar-refractivity contribution is -0.143. The lowest BCUT2D eigenvalue weighted by Gasteiger charge is -2.40. The molecule has 0 amide bonds. The van der Waals surface area contributed by atoms with Crippen molar-refractivity contribution in [3.05, 3.63) is 69.8 Å². The van der Waals surface area contributed by atoms with Gasteiger partial charge in [-0.1, -0.05) is 31.1 Å². The maximum absolute atomic E-state index is 14.5. The van der Waals surface area contributed by atoms with Gasteiger partial charge in [-0.2, -0.15) is 49.6 Å². The van der Waals surface area contributed by atoms with Crippen LogP contribution in [-0.2, 0) is 38.7 Å². The molecule has 0 N–H and O–H groups in total. The number of halogens is 9. The molecule has 1 aromatic heterocycles. The summed E-state index contributed by atoms with van der Waals surface area (Å²) in [6, 6.07) is 6.40. The van der Waals surface area contributed by atoms with Crippen molar-refractivity contribution >= 4 is 5.95 Å². The van der Waals surface area contributed by atoms with Crippen LogP contribution in [-0.4, -0.2) is 38.2 Å². The number of alkyl halides is 9. The topological polar surface area (TPSA) is 73.9 Å². The van der Waals surface area contributed by atoms with Gasteiger partial charge in [0.2, 0.25) is 0 Å². The first-order valence-electron chi connectivity index (χ1n) is 14.0. The van der Waals surface area contributed by atoms with Gasteiger partial charge in [-0.25, -0.2) is 0 Å². The van der Waals surface area contributed by atoms with E-state index in [2.05, 4.69) is 21.5 Å². The highest BCUT2D eigenvalue weighted by molar-refractivity contribution is 5.44. The number of benzene rings is 2. The zero-order valence-corrected chi connectivity index (χ0v) is 24.5. The zero-order valence-electron chi connectivity index (χ0n) is 24.5. The summed E-state index contributed by atoms with van der Waals surface area (Å²) in [7, 11) is 1.36. The lowest BCUT2D eigenvalue weighted by atomic mass is 9.86. The lowest BCUT2D eigenvalue weighted by Crippen LogP contribution is -2.39. The van der Waals surface area contributed by atoms with E-state index >= 15 is 0 Å². The van der Waals surface area contributed by atoms with Crippen LogP contribution >= 0.6 is 0 Å².